The highest BCUT2D eigenvalue weighted by atomic mass is 16.5. The Kier molecular flexibility index (Phi) is 3.62. The average Bonchev–Trinajstić information content (AvgIpc) is 2.36. The van der Waals surface area contributed by atoms with E-state index in [2.05, 4.69) is 4.74 Å². The zero-order valence-corrected chi connectivity index (χ0v) is 8.93. The van der Waals surface area contributed by atoms with Crippen LogP contribution in [0.25, 0.3) is 0 Å². The SMILES string of the molecule is COC(=O)C(=O)N(C)c1ccc(C#N)cc1. The molecule has 16 heavy (non-hydrogen) atoms. The number of ether oxygens (including phenoxy) is 1. The second-order valence-electron chi connectivity index (χ2n) is 3.01. The lowest BCUT2D eigenvalue weighted by Crippen LogP contribution is -2.33. The van der Waals surface area contributed by atoms with Crippen LogP contribution in [0.5, 0.6) is 0 Å². The lowest BCUT2D eigenvalue weighted by Gasteiger charge is -2.15. The van der Waals surface area contributed by atoms with Gasteiger partial charge in [0.1, 0.15) is 0 Å². The fourth-order valence-corrected chi connectivity index (χ4v) is 1.10. The van der Waals surface area contributed by atoms with Gasteiger partial charge in [0.15, 0.2) is 0 Å². The van der Waals surface area contributed by atoms with Gasteiger partial charge in [0.25, 0.3) is 0 Å². The minimum Gasteiger partial charge on any atom is -0.462 e. The molecule has 0 aliphatic carbocycles. The van der Waals surface area contributed by atoms with Gasteiger partial charge >= 0.3 is 11.9 Å². The smallest absolute Gasteiger partial charge is 0.397 e. The minimum absolute atomic E-state index is 0.489. The van der Waals surface area contributed by atoms with Crippen molar-refractivity contribution in [2.75, 3.05) is 19.1 Å². The van der Waals surface area contributed by atoms with E-state index in [0.29, 0.717) is 11.3 Å². The molecule has 0 atom stereocenters. The van der Waals surface area contributed by atoms with Crippen LogP contribution in [-0.4, -0.2) is 26.0 Å². The number of nitriles is 1. The van der Waals surface area contributed by atoms with Crippen molar-refractivity contribution in [3.8, 4) is 6.07 Å². The van der Waals surface area contributed by atoms with E-state index in [-0.39, 0.29) is 0 Å². The number of methoxy groups -OCH3 is 1. The first kappa shape index (κ1) is 11.7. The Bertz CT molecular complexity index is 445. The summed E-state index contributed by atoms with van der Waals surface area (Å²) in [5.41, 5.74) is 1.01. The Morgan fingerprint density at radius 1 is 1.31 bits per heavy atom. The fourth-order valence-electron chi connectivity index (χ4n) is 1.10. The van der Waals surface area contributed by atoms with Crippen molar-refractivity contribution >= 4 is 17.6 Å². The number of amides is 1. The summed E-state index contributed by atoms with van der Waals surface area (Å²) in [5.74, 6) is -1.68. The van der Waals surface area contributed by atoms with Crippen LogP contribution in [0.2, 0.25) is 0 Å². The summed E-state index contributed by atoms with van der Waals surface area (Å²) in [5, 5.41) is 8.60. The first-order valence-corrected chi connectivity index (χ1v) is 4.46. The number of carbonyl (C=O) groups excluding carboxylic acids is 2. The molecule has 5 nitrogen and oxygen atoms in total. The summed E-state index contributed by atoms with van der Waals surface area (Å²) < 4.78 is 4.32. The number of benzene rings is 1. The maximum absolute atomic E-state index is 11.4. The zero-order valence-electron chi connectivity index (χ0n) is 8.93. The third-order valence-electron chi connectivity index (χ3n) is 2.05. The van der Waals surface area contributed by atoms with Gasteiger partial charge in [0.2, 0.25) is 0 Å². The number of hydrogen-bond acceptors (Lipinski definition) is 4. The van der Waals surface area contributed by atoms with Crippen molar-refractivity contribution in [1.82, 2.24) is 0 Å². The van der Waals surface area contributed by atoms with Crippen LogP contribution in [-0.2, 0) is 14.3 Å². The maximum Gasteiger partial charge on any atom is 0.397 e. The molecule has 0 N–H and O–H groups in total. The van der Waals surface area contributed by atoms with Crippen molar-refractivity contribution in [2.24, 2.45) is 0 Å². The molecular formula is C11H10N2O3. The molecule has 5 heteroatoms. The van der Waals surface area contributed by atoms with Crippen LogP contribution in [0.15, 0.2) is 24.3 Å². The lowest BCUT2D eigenvalue weighted by atomic mass is 10.2. The van der Waals surface area contributed by atoms with Crippen LogP contribution >= 0.6 is 0 Å². The van der Waals surface area contributed by atoms with Crippen molar-refractivity contribution in [3.05, 3.63) is 29.8 Å². The van der Waals surface area contributed by atoms with Gasteiger partial charge < -0.3 is 9.64 Å². The normalized spacial score (nSPS) is 9.06. The molecule has 0 fully saturated rings. The van der Waals surface area contributed by atoms with E-state index in [1.54, 1.807) is 24.3 Å². The van der Waals surface area contributed by atoms with E-state index in [1.807, 2.05) is 6.07 Å². The summed E-state index contributed by atoms with van der Waals surface area (Å²) in [6.07, 6.45) is 0. The second-order valence-corrected chi connectivity index (χ2v) is 3.01. The van der Waals surface area contributed by atoms with E-state index < -0.39 is 11.9 Å². The standard InChI is InChI=1S/C11H10N2O3/c1-13(10(14)11(15)16-2)9-5-3-8(7-12)4-6-9/h3-6H,1-2H3. The van der Waals surface area contributed by atoms with E-state index >= 15 is 0 Å². The highest BCUT2D eigenvalue weighted by molar-refractivity contribution is 6.37. The Morgan fingerprint density at radius 2 is 1.88 bits per heavy atom. The highest BCUT2D eigenvalue weighted by Crippen LogP contribution is 2.13. The quantitative estimate of drug-likeness (QED) is 0.513. The predicted molar refractivity (Wildman–Crippen MR) is 56.6 cm³/mol. The van der Waals surface area contributed by atoms with Gasteiger partial charge in [0.05, 0.1) is 18.7 Å². The van der Waals surface area contributed by atoms with Crippen LogP contribution in [0, 0.1) is 11.3 Å². The molecule has 0 unspecified atom stereocenters. The third-order valence-corrected chi connectivity index (χ3v) is 2.05. The topological polar surface area (TPSA) is 70.4 Å². The lowest BCUT2D eigenvalue weighted by molar-refractivity contribution is -0.151. The molecule has 0 saturated heterocycles. The first-order valence-electron chi connectivity index (χ1n) is 4.46. The van der Waals surface area contributed by atoms with Gasteiger partial charge in [-0.05, 0) is 24.3 Å². The fraction of sp³-hybridized carbons (Fsp3) is 0.182. The molecule has 82 valence electrons. The van der Waals surface area contributed by atoms with Gasteiger partial charge in [-0.25, -0.2) is 4.79 Å². The van der Waals surface area contributed by atoms with Crippen molar-refractivity contribution < 1.29 is 14.3 Å². The van der Waals surface area contributed by atoms with E-state index in [4.69, 9.17) is 5.26 Å². The van der Waals surface area contributed by atoms with Gasteiger partial charge in [-0.3, -0.25) is 4.79 Å². The van der Waals surface area contributed by atoms with Crippen molar-refractivity contribution in [1.29, 1.82) is 5.26 Å². The number of likely N-dealkylation sites (N-methyl/N-ethyl adjacent to an activating group) is 1. The summed E-state index contributed by atoms with van der Waals surface area (Å²) in [6.45, 7) is 0. The van der Waals surface area contributed by atoms with E-state index in [9.17, 15) is 9.59 Å². The van der Waals surface area contributed by atoms with Crippen molar-refractivity contribution in [2.45, 2.75) is 0 Å². The van der Waals surface area contributed by atoms with Crippen LogP contribution < -0.4 is 4.90 Å². The summed E-state index contributed by atoms with van der Waals surface area (Å²) in [4.78, 5) is 23.6. The summed E-state index contributed by atoms with van der Waals surface area (Å²) >= 11 is 0. The Hall–Kier alpha value is -2.35. The number of anilines is 1. The Morgan fingerprint density at radius 3 is 2.31 bits per heavy atom. The molecule has 0 bridgehead atoms. The molecule has 0 aliphatic rings. The van der Waals surface area contributed by atoms with Gasteiger partial charge in [-0.15, -0.1) is 0 Å². The third kappa shape index (κ3) is 2.36. The number of rotatable bonds is 1. The van der Waals surface area contributed by atoms with Gasteiger partial charge in [-0.1, -0.05) is 0 Å². The first-order chi connectivity index (χ1) is 7.60. The molecule has 1 amide bonds. The molecule has 0 saturated carbocycles. The van der Waals surface area contributed by atoms with Crippen LogP contribution in [0.3, 0.4) is 0 Å². The Labute approximate surface area is 92.8 Å². The van der Waals surface area contributed by atoms with E-state index in [1.165, 1.54) is 7.05 Å². The molecule has 1 aromatic carbocycles. The molecular weight excluding hydrogens is 208 g/mol. The molecule has 0 aromatic heterocycles. The Balaban J connectivity index is 2.89. The molecule has 0 spiro atoms. The number of esters is 1. The maximum atomic E-state index is 11.4. The minimum atomic E-state index is -0.924. The average molecular weight is 218 g/mol. The van der Waals surface area contributed by atoms with Gasteiger partial charge in [-0.2, -0.15) is 5.26 Å². The molecule has 1 rings (SSSR count). The molecule has 0 aliphatic heterocycles. The zero-order chi connectivity index (χ0) is 12.1. The summed E-state index contributed by atoms with van der Waals surface area (Å²) in [7, 11) is 2.60. The number of nitrogens with zero attached hydrogens (tertiary/aromatic N) is 2. The largest absolute Gasteiger partial charge is 0.462 e. The molecule has 0 heterocycles. The summed E-state index contributed by atoms with van der Waals surface area (Å²) in [6, 6.07) is 8.26. The monoisotopic (exact) mass is 218 g/mol. The van der Waals surface area contributed by atoms with Crippen LogP contribution in [0.4, 0.5) is 5.69 Å². The number of carbonyl (C=O) groups is 2. The second kappa shape index (κ2) is 4.94. The highest BCUT2D eigenvalue weighted by Gasteiger charge is 2.20. The van der Waals surface area contributed by atoms with E-state index in [0.717, 1.165) is 12.0 Å². The molecule has 1 aromatic rings. The van der Waals surface area contributed by atoms with Crippen LogP contribution in [0.1, 0.15) is 5.56 Å². The molecule has 0 radical (unpaired) electrons. The van der Waals surface area contributed by atoms with Crippen molar-refractivity contribution in [3.63, 3.8) is 0 Å². The predicted octanol–water partition coefficient (Wildman–Crippen LogP) is 0.694. The van der Waals surface area contributed by atoms with Gasteiger partial charge in [0, 0.05) is 12.7 Å². The number of hydrogen-bond donors (Lipinski definition) is 0.